The number of piperidine rings is 1. The van der Waals surface area contributed by atoms with E-state index in [2.05, 4.69) is 16.5 Å². The zero-order valence-electron chi connectivity index (χ0n) is 20.0. The average Bonchev–Trinajstić information content (AvgIpc) is 3.49. The van der Waals surface area contributed by atoms with Crippen LogP contribution in [-0.4, -0.2) is 51.5 Å². The summed E-state index contributed by atoms with van der Waals surface area (Å²) in [6, 6.07) is 15.3. The third-order valence-electron chi connectivity index (χ3n) is 7.13. The lowest BCUT2D eigenvalue weighted by atomic mass is 10.0. The molecule has 2 heterocycles. The third kappa shape index (κ3) is 5.85. The molecule has 2 atom stereocenters. The van der Waals surface area contributed by atoms with Gasteiger partial charge < -0.3 is 10.2 Å². The second-order valence-corrected chi connectivity index (χ2v) is 9.79. The molecule has 0 bridgehead atoms. The lowest BCUT2D eigenvalue weighted by Gasteiger charge is -2.32. The van der Waals surface area contributed by atoms with Gasteiger partial charge in [-0.05, 0) is 54.2 Å². The van der Waals surface area contributed by atoms with Crippen molar-refractivity contribution >= 4 is 11.7 Å². The summed E-state index contributed by atoms with van der Waals surface area (Å²) in [5.74, 6) is 0.419. The van der Waals surface area contributed by atoms with E-state index in [4.69, 9.17) is 0 Å². The Morgan fingerprint density at radius 1 is 1.09 bits per heavy atom. The summed E-state index contributed by atoms with van der Waals surface area (Å²) < 4.78 is 14.9. The van der Waals surface area contributed by atoms with E-state index in [1.165, 1.54) is 17.7 Å². The Morgan fingerprint density at radius 3 is 2.60 bits per heavy atom. The predicted octanol–water partition coefficient (Wildman–Crippen LogP) is 3.95. The van der Waals surface area contributed by atoms with Crippen LogP contribution in [0.25, 0.3) is 0 Å². The highest BCUT2D eigenvalue weighted by Gasteiger charge is 2.40. The van der Waals surface area contributed by atoms with Gasteiger partial charge in [-0.2, -0.15) is 5.10 Å². The van der Waals surface area contributed by atoms with Gasteiger partial charge >= 0.3 is 0 Å². The zero-order chi connectivity index (χ0) is 24.4. The van der Waals surface area contributed by atoms with Crippen LogP contribution >= 0.6 is 0 Å². The van der Waals surface area contributed by atoms with Crippen LogP contribution in [0.15, 0.2) is 60.9 Å². The van der Waals surface area contributed by atoms with Crippen molar-refractivity contribution in [2.75, 3.05) is 13.1 Å². The molecule has 1 saturated carbocycles. The van der Waals surface area contributed by atoms with Crippen LogP contribution in [0.4, 0.5) is 4.39 Å². The molecule has 2 aromatic carbocycles. The smallest absolute Gasteiger partial charge is 0.219 e. The maximum absolute atomic E-state index is 13.1. The molecule has 1 N–H and O–H groups in total. The molecule has 6 nitrogen and oxygen atoms in total. The highest BCUT2D eigenvalue weighted by Crippen LogP contribution is 2.41. The van der Waals surface area contributed by atoms with Gasteiger partial charge in [0.1, 0.15) is 5.82 Å². The number of nitrogens with one attached hydrogen (secondary N) is 1. The Labute approximate surface area is 205 Å². The molecule has 1 aliphatic carbocycles. The van der Waals surface area contributed by atoms with Gasteiger partial charge in [-0.25, -0.2) is 4.39 Å². The molecular formula is C28H31FN4O2. The van der Waals surface area contributed by atoms with Gasteiger partial charge in [0.25, 0.3) is 0 Å². The van der Waals surface area contributed by atoms with E-state index in [-0.39, 0.29) is 17.5 Å². The van der Waals surface area contributed by atoms with E-state index in [1.807, 2.05) is 29.3 Å². The SMILES string of the molecule is CC(=O)N1CCC(NC2CC2c2cccc(C(=O)Cc3cnn(Cc4ccc(F)cc4)c3)c2)CC1. The maximum atomic E-state index is 13.1. The lowest BCUT2D eigenvalue weighted by Crippen LogP contribution is -2.45. The van der Waals surface area contributed by atoms with Gasteiger partial charge in [0.2, 0.25) is 5.91 Å². The molecule has 3 aromatic rings. The summed E-state index contributed by atoms with van der Waals surface area (Å²) in [5.41, 5.74) is 3.76. The fraction of sp³-hybridized carbons (Fsp3) is 0.393. The number of rotatable bonds is 8. The van der Waals surface area contributed by atoms with Gasteiger partial charge in [0.15, 0.2) is 5.78 Å². The van der Waals surface area contributed by atoms with Crippen LogP contribution in [-0.2, 0) is 17.8 Å². The Balaban J connectivity index is 1.14. The minimum atomic E-state index is -0.258. The Morgan fingerprint density at radius 2 is 1.86 bits per heavy atom. The van der Waals surface area contributed by atoms with Gasteiger partial charge in [-0.3, -0.25) is 14.3 Å². The van der Waals surface area contributed by atoms with Crippen LogP contribution in [0, 0.1) is 5.82 Å². The van der Waals surface area contributed by atoms with Crippen LogP contribution in [0.1, 0.15) is 59.2 Å². The Kier molecular flexibility index (Phi) is 6.77. The van der Waals surface area contributed by atoms with Crippen LogP contribution < -0.4 is 5.32 Å². The minimum Gasteiger partial charge on any atom is -0.343 e. The largest absolute Gasteiger partial charge is 0.343 e. The number of carbonyl (C=O) groups excluding carboxylic acids is 2. The summed E-state index contributed by atoms with van der Waals surface area (Å²) in [7, 11) is 0. The number of ketones is 1. The highest BCUT2D eigenvalue weighted by molar-refractivity contribution is 5.97. The maximum Gasteiger partial charge on any atom is 0.219 e. The van der Waals surface area contributed by atoms with Crippen molar-refractivity contribution in [2.45, 2.75) is 57.2 Å². The van der Waals surface area contributed by atoms with Crippen molar-refractivity contribution in [3.8, 4) is 0 Å². The lowest BCUT2D eigenvalue weighted by molar-refractivity contribution is -0.129. The van der Waals surface area contributed by atoms with E-state index in [1.54, 1.807) is 29.9 Å². The summed E-state index contributed by atoms with van der Waals surface area (Å²) in [6.07, 6.45) is 6.98. The van der Waals surface area contributed by atoms with Crippen molar-refractivity contribution in [1.82, 2.24) is 20.0 Å². The van der Waals surface area contributed by atoms with Crippen molar-refractivity contribution in [3.05, 3.63) is 89.0 Å². The number of carbonyl (C=O) groups is 2. The first kappa shape index (κ1) is 23.4. The molecule has 1 aliphatic heterocycles. The first-order valence-corrected chi connectivity index (χ1v) is 12.3. The monoisotopic (exact) mass is 474 g/mol. The van der Waals surface area contributed by atoms with Gasteiger partial charge in [-0.1, -0.05) is 30.3 Å². The molecule has 35 heavy (non-hydrogen) atoms. The van der Waals surface area contributed by atoms with E-state index < -0.39 is 0 Å². The number of likely N-dealkylation sites (tertiary alicyclic amines) is 1. The van der Waals surface area contributed by atoms with Crippen molar-refractivity contribution in [2.24, 2.45) is 0 Å². The van der Waals surface area contributed by atoms with Crippen LogP contribution in [0.2, 0.25) is 0 Å². The number of aromatic nitrogens is 2. The number of Topliss-reactive ketones (excluding diaryl/α,β-unsaturated/α-hetero) is 1. The number of amides is 1. The molecule has 2 aliphatic rings. The summed E-state index contributed by atoms with van der Waals surface area (Å²) in [4.78, 5) is 26.4. The quantitative estimate of drug-likeness (QED) is 0.502. The Bertz CT molecular complexity index is 1200. The molecule has 182 valence electrons. The normalized spacial score (nSPS) is 20.1. The third-order valence-corrected chi connectivity index (χ3v) is 7.13. The summed E-state index contributed by atoms with van der Waals surface area (Å²) in [5, 5.41) is 8.12. The number of benzene rings is 2. The second-order valence-electron chi connectivity index (χ2n) is 9.79. The van der Waals surface area contributed by atoms with Gasteiger partial charge in [0, 0.05) is 56.2 Å². The van der Waals surface area contributed by atoms with Gasteiger partial charge in [0.05, 0.1) is 12.7 Å². The van der Waals surface area contributed by atoms with Crippen LogP contribution in [0.3, 0.4) is 0 Å². The molecule has 2 fully saturated rings. The number of halogens is 1. The molecule has 1 saturated heterocycles. The first-order chi connectivity index (χ1) is 16.9. The zero-order valence-corrected chi connectivity index (χ0v) is 20.0. The van der Waals surface area contributed by atoms with Crippen LogP contribution in [0.5, 0.6) is 0 Å². The van der Waals surface area contributed by atoms with E-state index in [0.717, 1.165) is 49.0 Å². The Hall–Kier alpha value is -3.32. The molecule has 2 unspecified atom stereocenters. The number of hydrogen-bond acceptors (Lipinski definition) is 4. The highest BCUT2D eigenvalue weighted by atomic mass is 19.1. The standard InChI is InChI=1S/C28H31FN4O2/c1-19(34)32-11-9-25(10-12-32)31-27-15-26(27)22-3-2-4-23(14-22)28(35)13-21-16-30-33(18-21)17-20-5-7-24(29)8-6-20/h2-8,14,16,18,25-27,31H,9-13,15,17H2,1H3. The number of nitrogens with zero attached hydrogens (tertiary/aromatic N) is 3. The minimum absolute atomic E-state index is 0.0787. The van der Waals surface area contributed by atoms with Crippen molar-refractivity contribution in [3.63, 3.8) is 0 Å². The number of hydrogen-bond donors (Lipinski definition) is 1. The molecular weight excluding hydrogens is 443 g/mol. The van der Waals surface area contributed by atoms with Gasteiger partial charge in [-0.15, -0.1) is 0 Å². The molecule has 0 radical (unpaired) electrons. The van der Waals surface area contributed by atoms with Crippen molar-refractivity contribution in [1.29, 1.82) is 0 Å². The molecule has 1 aromatic heterocycles. The molecule has 5 rings (SSSR count). The van der Waals surface area contributed by atoms with Crippen molar-refractivity contribution < 1.29 is 14.0 Å². The molecule has 7 heteroatoms. The fourth-order valence-corrected chi connectivity index (χ4v) is 5.00. The van der Waals surface area contributed by atoms with E-state index in [9.17, 15) is 14.0 Å². The molecule has 1 amide bonds. The molecule has 0 spiro atoms. The topological polar surface area (TPSA) is 67.2 Å². The van der Waals surface area contributed by atoms with E-state index >= 15 is 0 Å². The summed E-state index contributed by atoms with van der Waals surface area (Å²) >= 11 is 0. The average molecular weight is 475 g/mol. The van der Waals surface area contributed by atoms with E-state index in [0.29, 0.717) is 31.0 Å². The summed E-state index contributed by atoms with van der Waals surface area (Å²) in [6.45, 7) is 3.83. The second kappa shape index (κ2) is 10.1. The predicted molar refractivity (Wildman–Crippen MR) is 132 cm³/mol. The fourth-order valence-electron chi connectivity index (χ4n) is 5.00. The first-order valence-electron chi connectivity index (χ1n) is 12.3.